The van der Waals surface area contributed by atoms with Gasteiger partial charge in [-0.1, -0.05) is 6.07 Å². The van der Waals surface area contributed by atoms with E-state index in [9.17, 15) is 4.79 Å². The third-order valence-corrected chi connectivity index (χ3v) is 3.80. The number of carbonyl (C=O) groups is 1. The average Bonchev–Trinajstić information content (AvgIpc) is 2.95. The summed E-state index contributed by atoms with van der Waals surface area (Å²) in [5.41, 5.74) is 2.61. The Morgan fingerprint density at radius 2 is 2.25 bits per heavy atom. The first-order chi connectivity index (χ1) is 11.7. The molecule has 0 saturated heterocycles. The zero-order valence-electron chi connectivity index (χ0n) is 13.6. The molecule has 1 amide bonds. The number of hydrogen-bond acceptors (Lipinski definition) is 5. The van der Waals surface area contributed by atoms with Crippen LogP contribution < -0.4 is 5.32 Å². The highest BCUT2D eigenvalue weighted by Gasteiger charge is 2.22. The molecule has 0 fully saturated rings. The van der Waals surface area contributed by atoms with Crippen molar-refractivity contribution in [1.29, 1.82) is 0 Å². The molecule has 7 heteroatoms. The number of aryl methyl sites for hydroxylation is 1. The largest absolute Gasteiger partial charge is 0.385 e. The second kappa shape index (κ2) is 7.18. The SMILES string of the molecule is COCCC(NC(=O)c1c(C)nn2cccnc12)c1cccnc1. The molecule has 0 radical (unpaired) electrons. The number of carbonyl (C=O) groups excluding carboxylic acids is 1. The van der Waals surface area contributed by atoms with Crippen molar-refractivity contribution in [3.05, 3.63) is 59.8 Å². The summed E-state index contributed by atoms with van der Waals surface area (Å²) >= 11 is 0. The lowest BCUT2D eigenvalue weighted by molar-refractivity contribution is 0.0925. The van der Waals surface area contributed by atoms with Crippen LogP contribution in [0.4, 0.5) is 0 Å². The first-order valence-corrected chi connectivity index (χ1v) is 7.70. The van der Waals surface area contributed by atoms with Crippen molar-refractivity contribution < 1.29 is 9.53 Å². The molecule has 3 aromatic rings. The lowest BCUT2D eigenvalue weighted by atomic mass is 10.1. The third-order valence-electron chi connectivity index (χ3n) is 3.80. The van der Waals surface area contributed by atoms with Crippen LogP contribution in [0.3, 0.4) is 0 Å². The molecule has 0 aliphatic carbocycles. The quantitative estimate of drug-likeness (QED) is 0.749. The molecular weight excluding hydrogens is 306 g/mol. The predicted octanol–water partition coefficient (Wildman–Crippen LogP) is 1.94. The lowest BCUT2D eigenvalue weighted by Crippen LogP contribution is -2.30. The number of rotatable bonds is 6. The highest BCUT2D eigenvalue weighted by Crippen LogP contribution is 2.19. The van der Waals surface area contributed by atoms with E-state index in [-0.39, 0.29) is 11.9 Å². The fourth-order valence-corrected chi connectivity index (χ4v) is 2.63. The van der Waals surface area contributed by atoms with E-state index in [1.807, 2.05) is 12.1 Å². The first kappa shape index (κ1) is 16.1. The Bertz CT molecular complexity index is 831. The van der Waals surface area contributed by atoms with Gasteiger partial charge < -0.3 is 10.1 Å². The topological polar surface area (TPSA) is 81.4 Å². The van der Waals surface area contributed by atoms with Gasteiger partial charge in [-0.15, -0.1) is 0 Å². The standard InChI is InChI=1S/C17H19N5O2/c1-12-15(16-19-8-4-9-22(16)21-12)17(23)20-14(6-10-24-2)13-5-3-7-18-11-13/h3-5,7-9,11,14H,6,10H2,1-2H3,(H,20,23). The van der Waals surface area contributed by atoms with Gasteiger partial charge in [0.05, 0.1) is 11.7 Å². The summed E-state index contributed by atoms with van der Waals surface area (Å²) in [5, 5.41) is 7.38. The van der Waals surface area contributed by atoms with Crippen LogP contribution >= 0.6 is 0 Å². The van der Waals surface area contributed by atoms with Crippen molar-refractivity contribution in [2.45, 2.75) is 19.4 Å². The van der Waals surface area contributed by atoms with Crippen LogP contribution in [-0.4, -0.2) is 39.2 Å². The molecule has 1 unspecified atom stereocenters. The summed E-state index contributed by atoms with van der Waals surface area (Å²) in [4.78, 5) is 21.2. The van der Waals surface area contributed by atoms with Crippen LogP contribution in [0.5, 0.6) is 0 Å². The van der Waals surface area contributed by atoms with E-state index >= 15 is 0 Å². The summed E-state index contributed by atoms with van der Waals surface area (Å²) in [5.74, 6) is -0.203. The van der Waals surface area contributed by atoms with Crippen LogP contribution in [0.25, 0.3) is 5.65 Å². The van der Waals surface area contributed by atoms with Gasteiger partial charge in [0.1, 0.15) is 5.56 Å². The van der Waals surface area contributed by atoms with E-state index in [0.717, 1.165) is 5.56 Å². The van der Waals surface area contributed by atoms with Crippen LogP contribution in [0.15, 0.2) is 43.0 Å². The predicted molar refractivity (Wildman–Crippen MR) is 88.7 cm³/mol. The van der Waals surface area contributed by atoms with Crippen molar-refractivity contribution in [3.8, 4) is 0 Å². The molecule has 0 spiro atoms. The van der Waals surface area contributed by atoms with Gasteiger partial charge >= 0.3 is 0 Å². The highest BCUT2D eigenvalue weighted by molar-refractivity contribution is 6.01. The molecule has 0 saturated carbocycles. The van der Waals surface area contributed by atoms with Crippen LogP contribution in [-0.2, 0) is 4.74 Å². The van der Waals surface area contributed by atoms with Crippen molar-refractivity contribution in [2.75, 3.05) is 13.7 Å². The molecule has 0 aliphatic heterocycles. The van der Waals surface area contributed by atoms with Crippen molar-refractivity contribution >= 4 is 11.6 Å². The maximum atomic E-state index is 12.8. The molecule has 124 valence electrons. The summed E-state index contributed by atoms with van der Waals surface area (Å²) in [6.07, 6.45) is 7.53. The number of amides is 1. The number of ether oxygens (including phenoxy) is 1. The van der Waals surface area contributed by atoms with E-state index in [0.29, 0.717) is 29.9 Å². The maximum absolute atomic E-state index is 12.8. The summed E-state index contributed by atoms with van der Waals surface area (Å²) in [6.45, 7) is 2.34. The molecule has 7 nitrogen and oxygen atoms in total. The van der Waals surface area contributed by atoms with Crippen LogP contribution in [0.1, 0.15) is 34.1 Å². The zero-order chi connectivity index (χ0) is 16.9. The number of nitrogens with one attached hydrogen (secondary N) is 1. The van der Waals surface area contributed by atoms with Gasteiger partial charge in [0.2, 0.25) is 0 Å². The van der Waals surface area contributed by atoms with E-state index in [2.05, 4.69) is 20.4 Å². The Morgan fingerprint density at radius 1 is 1.38 bits per heavy atom. The first-order valence-electron chi connectivity index (χ1n) is 7.70. The normalized spacial score (nSPS) is 12.2. The van der Waals surface area contributed by atoms with E-state index < -0.39 is 0 Å². The average molecular weight is 325 g/mol. The van der Waals surface area contributed by atoms with E-state index in [4.69, 9.17) is 4.74 Å². The van der Waals surface area contributed by atoms with E-state index in [1.54, 1.807) is 49.4 Å². The minimum Gasteiger partial charge on any atom is -0.385 e. The molecule has 0 aromatic carbocycles. The minimum absolute atomic E-state index is 0.191. The molecule has 24 heavy (non-hydrogen) atoms. The lowest BCUT2D eigenvalue weighted by Gasteiger charge is -2.18. The number of fused-ring (bicyclic) bond motifs is 1. The monoisotopic (exact) mass is 325 g/mol. The van der Waals surface area contributed by atoms with Gasteiger partial charge in [0.15, 0.2) is 5.65 Å². The van der Waals surface area contributed by atoms with Crippen molar-refractivity contribution in [2.24, 2.45) is 0 Å². The fraction of sp³-hybridized carbons (Fsp3) is 0.294. The van der Waals surface area contributed by atoms with Crippen LogP contribution in [0.2, 0.25) is 0 Å². The van der Waals surface area contributed by atoms with Crippen LogP contribution in [0, 0.1) is 6.92 Å². The Kier molecular flexibility index (Phi) is 4.81. The highest BCUT2D eigenvalue weighted by atomic mass is 16.5. The molecule has 3 aromatic heterocycles. The third kappa shape index (κ3) is 3.26. The van der Waals surface area contributed by atoms with Gasteiger partial charge in [-0.05, 0) is 31.0 Å². The molecule has 3 heterocycles. The molecule has 1 atom stereocenters. The number of hydrogen-bond donors (Lipinski definition) is 1. The summed E-state index contributed by atoms with van der Waals surface area (Å²) in [6, 6.07) is 5.38. The van der Waals surface area contributed by atoms with Crippen molar-refractivity contribution in [3.63, 3.8) is 0 Å². The maximum Gasteiger partial charge on any atom is 0.257 e. The molecule has 1 N–H and O–H groups in total. The summed E-state index contributed by atoms with van der Waals surface area (Å²) in [7, 11) is 1.64. The Labute approximate surface area is 139 Å². The summed E-state index contributed by atoms with van der Waals surface area (Å²) < 4.78 is 6.77. The Hall–Kier alpha value is -2.80. The van der Waals surface area contributed by atoms with Crippen molar-refractivity contribution in [1.82, 2.24) is 24.9 Å². The van der Waals surface area contributed by atoms with Gasteiger partial charge in [-0.25, -0.2) is 9.50 Å². The number of methoxy groups -OCH3 is 1. The van der Waals surface area contributed by atoms with Gasteiger partial charge in [0.25, 0.3) is 5.91 Å². The molecule has 0 aliphatic rings. The smallest absolute Gasteiger partial charge is 0.257 e. The Morgan fingerprint density at radius 3 is 3.00 bits per heavy atom. The Balaban J connectivity index is 1.88. The number of pyridine rings is 1. The number of aromatic nitrogens is 4. The van der Waals surface area contributed by atoms with Gasteiger partial charge in [0, 0.05) is 38.5 Å². The minimum atomic E-state index is -0.203. The second-order valence-electron chi connectivity index (χ2n) is 5.44. The number of nitrogens with zero attached hydrogens (tertiary/aromatic N) is 4. The second-order valence-corrected chi connectivity index (χ2v) is 5.44. The zero-order valence-corrected chi connectivity index (χ0v) is 13.6. The molecular formula is C17H19N5O2. The molecule has 3 rings (SSSR count). The van der Waals surface area contributed by atoms with Gasteiger partial charge in [-0.3, -0.25) is 9.78 Å². The molecule has 0 bridgehead atoms. The van der Waals surface area contributed by atoms with E-state index in [1.165, 1.54) is 0 Å². The fourth-order valence-electron chi connectivity index (χ4n) is 2.63. The van der Waals surface area contributed by atoms with Gasteiger partial charge in [-0.2, -0.15) is 5.10 Å².